The number of rotatable bonds is 6. The van der Waals surface area contributed by atoms with Crippen LogP contribution in [0.1, 0.15) is 17.1 Å². The topological polar surface area (TPSA) is 91.3 Å². The molecule has 2 amide bonds. The highest BCUT2D eigenvalue weighted by Gasteiger charge is 2.03. The number of nitrogens with zero attached hydrogens (tertiary/aromatic N) is 1. The van der Waals surface area contributed by atoms with Gasteiger partial charge in [0.1, 0.15) is 0 Å². The van der Waals surface area contributed by atoms with Crippen molar-refractivity contribution in [2.75, 3.05) is 13.1 Å². The van der Waals surface area contributed by atoms with Crippen LogP contribution in [0.3, 0.4) is 0 Å². The third-order valence-electron chi connectivity index (χ3n) is 1.92. The van der Waals surface area contributed by atoms with Crippen LogP contribution in [0.2, 0.25) is 0 Å². The molecule has 1 aromatic rings. The summed E-state index contributed by atoms with van der Waals surface area (Å²) < 4.78 is 0. The van der Waals surface area contributed by atoms with E-state index >= 15 is 0 Å². The molecule has 3 N–H and O–H groups in total. The van der Waals surface area contributed by atoms with Gasteiger partial charge in [-0.2, -0.15) is 0 Å². The van der Waals surface area contributed by atoms with Gasteiger partial charge in [-0.3, -0.25) is 4.79 Å². The van der Waals surface area contributed by atoms with Gasteiger partial charge >= 0.3 is 12.0 Å². The second-order valence-electron chi connectivity index (χ2n) is 3.46. The Balaban J connectivity index is 2.10. The molecule has 0 bridgehead atoms. The molecular formula is C10H15N3O3S. The van der Waals surface area contributed by atoms with Crippen molar-refractivity contribution in [1.82, 2.24) is 15.6 Å². The average molecular weight is 257 g/mol. The summed E-state index contributed by atoms with van der Waals surface area (Å²) in [6.45, 7) is 2.55. The molecule has 0 aliphatic rings. The Kier molecular flexibility index (Phi) is 5.41. The molecule has 0 radical (unpaired) electrons. The lowest BCUT2D eigenvalue weighted by molar-refractivity contribution is -0.136. The lowest BCUT2D eigenvalue weighted by Gasteiger charge is -2.05. The Morgan fingerprint density at radius 2 is 2.12 bits per heavy atom. The molecule has 0 saturated heterocycles. The highest BCUT2D eigenvalue weighted by molar-refractivity contribution is 7.09. The molecule has 1 aromatic heterocycles. The number of nitrogens with one attached hydrogen (secondary N) is 2. The lowest BCUT2D eigenvalue weighted by Crippen LogP contribution is -2.37. The fraction of sp³-hybridized carbons (Fsp3) is 0.500. The maximum atomic E-state index is 11.2. The Morgan fingerprint density at radius 3 is 2.71 bits per heavy atom. The third kappa shape index (κ3) is 5.86. The molecule has 7 heteroatoms. The molecule has 0 spiro atoms. The number of thiazole rings is 1. The zero-order chi connectivity index (χ0) is 12.7. The van der Waals surface area contributed by atoms with Crippen LogP contribution in [0.15, 0.2) is 5.38 Å². The first-order valence-corrected chi connectivity index (χ1v) is 6.10. The zero-order valence-corrected chi connectivity index (χ0v) is 10.3. The summed E-state index contributed by atoms with van der Waals surface area (Å²) in [4.78, 5) is 25.7. The number of aromatic nitrogens is 1. The van der Waals surface area contributed by atoms with Gasteiger partial charge in [-0.25, -0.2) is 9.78 Å². The fourth-order valence-corrected chi connectivity index (χ4v) is 1.92. The van der Waals surface area contributed by atoms with E-state index in [2.05, 4.69) is 15.6 Å². The van der Waals surface area contributed by atoms with Crippen LogP contribution in [0.4, 0.5) is 4.79 Å². The first-order chi connectivity index (χ1) is 8.08. The standard InChI is InChI=1S/C10H15N3O3S/c1-7-6-17-8(13-7)2-4-11-10(16)12-5-3-9(14)15/h6H,2-5H2,1H3,(H,14,15)(H2,11,12,16). The molecule has 0 unspecified atom stereocenters. The van der Waals surface area contributed by atoms with Crippen LogP contribution in [0.25, 0.3) is 0 Å². The molecule has 17 heavy (non-hydrogen) atoms. The van der Waals surface area contributed by atoms with E-state index in [-0.39, 0.29) is 19.0 Å². The quantitative estimate of drug-likeness (QED) is 0.702. The van der Waals surface area contributed by atoms with Crippen molar-refractivity contribution in [3.8, 4) is 0 Å². The molecule has 0 atom stereocenters. The Bertz CT molecular complexity index is 392. The van der Waals surface area contributed by atoms with Gasteiger partial charge < -0.3 is 15.7 Å². The van der Waals surface area contributed by atoms with Gasteiger partial charge in [0.25, 0.3) is 0 Å². The molecule has 0 aromatic carbocycles. The number of aliphatic carboxylic acids is 1. The van der Waals surface area contributed by atoms with Gasteiger partial charge in [-0.1, -0.05) is 0 Å². The Labute approximate surface area is 103 Å². The first-order valence-electron chi connectivity index (χ1n) is 5.22. The van der Waals surface area contributed by atoms with Gasteiger partial charge in [0.2, 0.25) is 0 Å². The Morgan fingerprint density at radius 1 is 1.41 bits per heavy atom. The molecule has 1 rings (SSSR count). The van der Waals surface area contributed by atoms with Gasteiger partial charge in [-0.05, 0) is 6.92 Å². The van der Waals surface area contributed by atoms with Crippen molar-refractivity contribution in [2.24, 2.45) is 0 Å². The summed E-state index contributed by atoms with van der Waals surface area (Å²) in [5.74, 6) is -0.927. The van der Waals surface area contributed by atoms with Crippen molar-refractivity contribution < 1.29 is 14.7 Å². The van der Waals surface area contributed by atoms with E-state index in [0.29, 0.717) is 13.0 Å². The predicted octanol–water partition coefficient (Wildman–Crippen LogP) is 0.768. The number of carbonyl (C=O) groups is 2. The summed E-state index contributed by atoms with van der Waals surface area (Å²) in [6, 6.07) is -0.348. The lowest BCUT2D eigenvalue weighted by atomic mass is 10.4. The number of urea groups is 1. The van der Waals surface area contributed by atoms with E-state index in [0.717, 1.165) is 10.7 Å². The van der Waals surface area contributed by atoms with Gasteiger partial charge in [-0.15, -0.1) is 11.3 Å². The van der Waals surface area contributed by atoms with Crippen LogP contribution in [-0.4, -0.2) is 35.2 Å². The van der Waals surface area contributed by atoms with E-state index in [1.807, 2.05) is 12.3 Å². The smallest absolute Gasteiger partial charge is 0.314 e. The maximum absolute atomic E-state index is 11.2. The molecule has 0 aliphatic heterocycles. The highest BCUT2D eigenvalue weighted by Crippen LogP contribution is 2.08. The van der Waals surface area contributed by atoms with Crippen molar-refractivity contribution in [3.05, 3.63) is 16.1 Å². The number of aryl methyl sites for hydroxylation is 1. The number of hydrogen-bond acceptors (Lipinski definition) is 4. The van der Waals surface area contributed by atoms with Crippen molar-refractivity contribution >= 4 is 23.3 Å². The molecule has 0 saturated carbocycles. The predicted molar refractivity (Wildman–Crippen MR) is 64.2 cm³/mol. The number of carboxylic acids is 1. The SMILES string of the molecule is Cc1csc(CCNC(=O)NCCC(=O)O)n1. The molecule has 94 valence electrons. The van der Waals surface area contributed by atoms with E-state index in [1.165, 1.54) is 0 Å². The summed E-state index contributed by atoms with van der Waals surface area (Å²) in [6.07, 6.45) is 0.615. The van der Waals surface area contributed by atoms with E-state index in [9.17, 15) is 9.59 Å². The second kappa shape index (κ2) is 6.85. The summed E-state index contributed by atoms with van der Waals surface area (Å²) >= 11 is 1.56. The Hall–Kier alpha value is -1.63. The molecule has 1 heterocycles. The van der Waals surface area contributed by atoms with E-state index in [1.54, 1.807) is 11.3 Å². The van der Waals surface area contributed by atoms with Crippen LogP contribution in [0.5, 0.6) is 0 Å². The van der Waals surface area contributed by atoms with Crippen LogP contribution in [0, 0.1) is 6.92 Å². The van der Waals surface area contributed by atoms with Crippen LogP contribution < -0.4 is 10.6 Å². The van der Waals surface area contributed by atoms with Crippen molar-refractivity contribution in [1.29, 1.82) is 0 Å². The van der Waals surface area contributed by atoms with Gasteiger partial charge in [0.15, 0.2) is 0 Å². The largest absolute Gasteiger partial charge is 0.481 e. The molecular weight excluding hydrogens is 242 g/mol. The van der Waals surface area contributed by atoms with E-state index < -0.39 is 5.97 Å². The number of carbonyl (C=O) groups excluding carboxylic acids is 1. The highest BCUT2D eigenvalue weighted by atomic mass is 32.1. The average Bonchev–Trinajstić information content (AvgIpc) is 2.63. The number of hydrogen-bond donors (Lipinski definition) is 3. The van der Waals surface area contributed by atoms with Crippen molar-refractivity contribution in [3.63, 3.8) is 0 Å². The van der Waals surface area contributed by atoms with E-state index in [4.69, 9.17) is 5.11 Å². The minimum Gasteiger partial charge on any atom is -0.481 e. The first kappa shape index (κ1) is 13.4. The molecule has 0 aliphatic carbocycles. The number of carboxylic acid groups (broad SMARTS) is 1. The minimum atomic E-state index is -0.927. The van der Waals surface area contributed by atoms with Gasteiger partial charge in [0.05, 0.1) is 11.4 Å². The molecule has 0 fully saturated rings. The van der Waals surface area contributed by atoms with Crippen molar-refractivity contribution in [2.45, 2.75) is 19.8 Å². The van der Waals surface area contributed by atoms with Gasteiger partial charge in [0, 0.05) is 30.6 Å². The monoisotopic (exact) mass is 257 g/mol. The normalized spacial score (nSPS) is 9.94. The fourth-order valence-electron chi connectivity index (χ4n) is 1.15. The second-order valence-corrected chi connectivity index (χ2v) is 4.40. The summed E-state index contributed by atoms with van der Waals surface area (Å²) in [7, 11) is 0. The number of amides is 2. The zero-order valence-electron chi connectivity index (χ0n) is 9.52. The molecule has 6 nitrogen and oxygen atoms in total. The van der Waals surface area contributed by atoms with Crippen LogP contribution in [-0.2, 0) is 11.2 Å². The minimum absolute atomic E-state index is 0.0703. The van der Waals surface area contributed by atoms with Crippen LogP contribution >= 0.6 is 11.3 Å². The summed E-state index contributed by atoms with van der Waals surface area (Å²) in [5.41, 5.74) is 0.982. The maximum Gasteiger partial charge on any atom is 0.314 e. The third-order valence-corrected chi connectivity index (χ3v) is 2.94. The summed E-state index contributed by atoms with van der Waals surface area (Å²) in [5, 5.41) is 16.4.